The van der Waals surface area contributed by atoms with Crippen molar-refractivity contribution in [3.63, 3.8) is 0 Å². The maximum absolute atomic E-state index is 11.8. The number of benzene rings is 2. The van der Waals surface area contributed by atoms with E-state index in [1.165, 1.54) is 36.4 Å². The molecule has 0 aliphatic carbocycles. The van der Waals surface area contributed by atoms with Crippen molar-refractivity contribution in [1.29, 1.82) is 0 Å². The molecule has 0 radical (unpaired) electrons. The van der Waals surface area contributed by atoms with Gasteiger partial charge in [0.05, 0.1) is 5.56 Å². The van der Waals surface area contributed by atoms with Gasteiger partial charge >= 0.3 is 0 Å². The number of carbonyl (C=O) groups excluding carboxylic acids is 2. The maximum atomic E-state index is 11.8. The van der Waals surface area contributed by atoms with Crippen LogP contribution in [-0.2, 0) is 4.79 Å². The van der Waals surface area contributed by atoms with Gasteiger partial charge in [-0.1, -0.05) is 24.3 Å². The molecule has 2 aromatic rings. The molecule has 0 atom stereocenters. The highest BCUT2D eigenvalue weighted by Gasteiger charge is 2.11. The Balaban J connectivity index is 2.02. The van der Waals surface area contributed by atoms with Crippen LogP contribution in [-0.4, -0.2) is 22.0 Å². The molecule has 0 spiro atoms. The van der Waals surface area contributed by atoms with Crippen molar-refractivity contribution in [2.75, 3.05) is 0 Å². The first-order chi connectivity index (χ1) is 10.1. The molecule has 5 nitrogen and oxygen atoms in total. The molecule has 0 unspecified atom stereocenters. The van der Waals surface area contributed by atoms with Gasteiger partial charge in [0.15, 0.2) is 0 Å². The normalized spacial score (nSPS) is 10.5. The Morgan fingerprint density at radius 3 is 2.48 bits per heavy atom. The average molecular weight is 283 g/mol. The highest BCUT2D eigenvalue weighted by Crippen LogP contribution is 2.15. The van der Waals surface area contributed by atoms with Crippen LogP contribution in [0.15, 0.2) is 54.6 Å². The Bertz CT molecular complexity index is 707. The SMILES string of the molecule is O=C(C=Cc1cccc(O)c1)NC(=O)c1ccccc1O. The average Bonchev–Trinajstić information content (AvgIpc) is 2.45. The number of phenolic OH excluding ortho intramolecular Hbond substituents is 2. The number of nitrogens with one attached hydrogen (secondary N) is 1. The minimum Gasteiger partial charge on any atom is -0.508 e. The third kappa shape index (κ3) is 3.94. The number of imide groups is 1. The third-order valence-electron chi connectivity index (χ3n) is 2.68. The predicted octanol–water partition coefficient (Wildman–Crippen LogP) is 2.07. The van der Waals surface area contributed by atoms with E-state index < -0.39 is 11.8 Å². The van der Waals surface area contributed by atoms with Gasteiger partial charge in [-0.2, -0.15) is 0 Å². The summed E-state index contributed by atoms with van der Waals surface area (Å²) in [4.78, 5) is 23.4. The van der Waals surface area contributed by atoms with Crippen LogP contribution in [0, 0.1) is 0 Å². The zero-order chi connectivity index (χ0) is 15.2. The molecule has 0 saturated carbocycles. The summed E-state index contributed by atoms with van der Waals surface area (Å²) in [5.74, 6) is -1.41. The molecule has 5 heteroatoms. The zero-order valence-electron chi connectivity index (χ0n) is 11.0. The largest absolute Gasteiger partial charge is 0.508 e. The van der Waals surface area contributed by atoms with Gasteiger partial charge in [0.25, 0.3) is 11.8 Å². The van der Waals surface area contributed by atoms with E-state index in [-0.39, 0.29) is 17.1 Å². The van der Waals surface area contributed by atoms with Gasteiger partial charge in [0, 0.05) is 6.08 Å². The van der Waals surface area contributed by atoms with Crippen molar-refractivity contribution in [3.8, 4) is 11.5 Å². The van der Waals surface area contributed by atoms with E-state index in [2.05, 4.69) is 5.32 Å². The Labute approximate surface area is 121 Å². The molecule has 0 heterocycles. The van der Waals surface area contributed by atoms with Crippen LogP contribution >= 0.6 is 0 Å². The van der Waals surface area contributed by atoms with E-state index >= 15 is 0 Å². The Hall–Kier alpha value is -3.08. The minimum absolute atomic E-state index is 0.0246. The first kappa shape index (κ1) is 14.3. The van der Waals surface area contributed by atoms with E-state index in [1.807, 2.05) is 0 Å². The molecule has 21 heavy (non-hydrogen) atoms. The number of aromatic hydroxyl groups is 2. The molecule has 2 amide bonds. The number of para-hydroxylation sites is 1. The summed E-state index contributed by atoms with van der Waals surface area (Å²) < 4.78 is 0. The number of phenols is 2. The minimum atomic E-state index is -0.682. The van der Waals surface area contributed by atoms with Gasteiger partial charge < -0.3 is 10.2 Å². The van der Waals surface area contributed by atoms with Crippen LogP contribution in [0.1, 0.15) is 15.9 Å². The quantitative estimate of drug-likeness (QED) is 0.753. The van der Waals surface area contributed by atoms with Crippen molar-refractivity contribution in [2.45, 2.75) is 0 Å². The van der Waals surface area contributed by atoms with Crippen molar-refractivity contribution < 1.29 is 19.8 Å². The van der Waals surface area contributed by atoms with Crippen molar-refractivity contribution in [3.05, 3.63) is 65.7 Å². The van der Waals surface area contributed by atoms with Crippen LogP contribution in [0.2, 0.25) is 0 Å². The molecular weight excluding hydrogens is 270 g/mol. The summed E-state index contributed by atoms with van der Waals surface area (Å²) in [5, 5.41) is 20.9. The lowest BCUT2D eigenvalue weighted by Gasteiger charge is -2.03. The fourth-order valence-electron chi connectivity index (χ4n) is 1.69. The molecule has 2 rings (SSSR count). The summed E-state index contributed by atoms with van der Waals surface area (Å²) in [5.41, 5.74) is 0.650. The van der Waals surface area contributed by atoms with Crippen LogP contribution in [0.4, 0.5) is 0 Å². The Kier molecular flexibility index (Phi) is 4.36. The first-order valence-electron chi connectivity index (χ1n) is 6.16. The number of amides is 2. The summed E-state index contributed by atoms with van der Waals surface area (Å²) >= 11 is 0. The van der Waals surface area contributed by atoms with Crippen molar-refractivity contribution in [2.24, 2.45) is 0 Å². The van der Waals surface area contributed by atoms with E-state index in [9.17, 15) is 19.8 Å². The Morgan fingerprint density at radius 2 is 1.76 bits per heavy atom. The Morgan fingerprint density at radius 1 is 1.00 bits per heavy atom. The lowest BCUT2D eigenvalue weighted by Crippen LogP contribution is -2.28. The fraction of sp³-hybridized carbons (Fsp3) is 0. The lowest BCUT2D eigenvalue weighted by atomic mass is 10.2. The molecule has 0 aliphatic heterocycles. The molecule has 2 aromatic carbocycles. The topological polar surface area (TPSA) is 86.6 Å². The van der Waals surface area contributed by atoms with Crippen LogP contribution in [0.5, 0.6) is 11.5 Å². The highest BCUT2D eigenvalue weighted by molar-refractivity contribution is 6.10. The lowest BCUT2D eigenvalue weighted by molar-refractivity contribution is -0.115. The monoisotopic (exact) mass is 283 g/mol. The van der Waals surface area contributed by atoms with E-state index in [1.54, 1.807) is 24.3 Å². The van der Waals surface area contributed by atoms with E-state index in [0.29, 0.717) is 5.56 Å². The highest BCUT2D eigenvalue weighted by atomic mass is 16.3. The molecule has 0 saturated heterocycles. The molecule has 0 aromatic heterocycles. The van der Waals surface area contributed by atoms with Crippen LogP contribution in [0.3, 0.4) is 0 Å². The van der Waals surface area contributed by atoms with Gasteiger partial charge in [-0.25, -0.2) is 0 Å². The number of hydrogen-bond donors (Lipinski definition) is 3. The van der Waals surface area contributed by atoms with E-state index in [4.69, 9.17) is 0 Å². The van der Waals surface area contributed by atoms with E-state index in [0.717, 1.165) is 0 Å². The standard InChI is InChI=1S/C16H13NO4/c18-12-5-3-4-11(10-12)8-9-15(20)17-16(21)13-6-1-2-7-14(13)19/h1-10,18-19H,(H,17,20,21). The number of carbonyl (C=O) groups is 2. The van der Waals surface area contributed by atoms with Gasteiger partial charge in [0.2, 0.25) is 0 Å². The second-order valence-corrected chi connectivity index (χ2v) is 4.26. The van der Waals surface area contributed by atoms with Crippen LogP contribution in [0.25, 0.3) is 6.08 Å². The molecule has 0 fully saturated rings. The summed E-state index contributed by atoms with van der Waals surface area (Å²) in [6.07, 6.45) is 2.64. The molecule has 3 N–H and O–H groups in total. The molecule has 0 aliphatic rings. The third-order valence-corrected chi connectivity index (χ3v) is 2.68. The smallest absolute Gasteiger partial charge is 0.261 e. The molecular formula is C16H13NO4. The van der Waals surface area contributed by atoms with Gasteiger partial charge in [-0.15, -0.1) is 0 Å². The predicted molar refractivity (Wildman–Crippen MR) is 77.7 cm³/mol. The van der Waals surface area contributed by atoms with Gasteiger partial charge in [-0.3, -0.25) is 14.9 Å². The zero-order valence-corrected chi connectivity index (χ0v) is 11.0. The molecule has 106 valence electrons. The second kappa shape index (κ2) is 6.38. The number of rotatable bonds is 3. The van der Waals surface area contributed by atoms with Gasteiger partial charge in [0.1, 0.15) is 11.5 Å². The summed E-state index contributed by atoms with van der Waals surface area (Å²) in [7, 11) is 0. The number of hydrogen-bond acceptors (Lipinski definition) is 4. The molecule has 0 bridgehead atoms. The van der Waals surface area contributed by atoms with Crippen molar-refractivity contribution >= 4 is 17.9 Å². The second-order valence-electron chi connectivity index (χ2n) is 4.26. The summed E-state index contributed by atoms with van der Waals surface area (Å²) in [6.45, 7) is 0. The van der Waals surface area contributed by atoms with Crippen LogP contribution < -0.4 is 5.32 Å². The van der Waals surface area contributed by atoms with Crippen molar-refractivity contribution in [1.82, 2.24) is 5.32 Å². The summed E-state index contributed by atoms with van der Waals surface area (Å²) in [6, 6.07) is 12.3. The fourth-order valence-corrected chi connectivity index (χ4v) is 1.69. The van der Waals surface area contributed by atoms with Gasteiger partial charge in [-0.05, 0) is 35.9 Å². The first-order valence-corrected chi connectivity index (χ1v) is 6.16. The maximum Gasteiger partial charge on any atom is 0.261 e.